The van der Waals surface area contributed by atoms with Crippen LogP contribution in [0.5, 0.6) is 0 Å². The Balaban J connectivity index is 1.41. The Morgan fingerprint density at radius 1 is 1.33 bits per heavy atom. The number of fused-ring (bicyclic) bond motifs is 1. The first kappa shape index (κ1) is 13.5. The van der Waals surface area contributed by atoms with Crippen LogP contribution in [0, 0.1) is 0 Å². The fourth-order valence-electron chi connectivity index (χ4n) is 3.14. The molecule has 0 bridgehead atoms. The maximum atomic E-state index is 5.44. The minimum atomic E-state index is 0.469. The fourth-order valence-corrected chi connectivity index (χ4v) is 3.44. The van der Waals surface area contributed by atoms with Gasteiger partial charge in [-0.05, 0) is 22.4 Å². The van der Waals surface area contributed by atoms with E-state index in [2.05, 4.69) is 52.6 Å². The highest BCUT2D eigenvalue weighted by Gasteiger charge is 2.25. The van der Waals surface area contributed by atoms with Crippen LogP contribution in [0.2, 0.25) is 0 Å². The van der Waals surface area contributed by atoms with Crippen LogP contribution in [-0.2, 0) is 24.4 Å². The van der Waals surface area contributed by atoms with Crippen LogP contribution in [-0.4, -0.2) is 43.9 Å². The summed E-state index contributed by atoms with van der Waals surface area (Å²) < 4.78 is 10.8. The van der Waals surface area contributed by atoms with E-state index < -0.39 is 0 Å². The number of hydrogen-bond donors (Lipinski definition) is 0. The van der Waals surface area contributed by atoms with E-state index in [1.807, 2.05) is 6.20 Å². The smallest absolute Gasteiger partial charge is 0.135 e. The van der Waals surface area contributed by atoms with E-state index in [1.54, 1.807) is 0 Å². The summed E-state index contributed by atoms with van der Waals surface area (Å²) in [6, 6.07) is 0.469. The van der Waals surface area contributed by atoms with Crippen molar-refractivity contribution in [2.75, 3.05) is 19.7 Å². The zero-order valence-electron chi connectivity index (χ0n) is 11.8. The molecule has 2 aromatic heterocycles. The molecule has 1 unspecified atom stereocenters. The normalized spacial score (nSPS) is 22.6. The summed E-state index contributed by atoms with van der Waals surface area (Å²) in [5.41, 5.74) is 1.15. The Hall–Kier alpha value is -1.18. The van der Waals surface area contributed by atoms with E-state index in [9.17, 15) is 0 Å². The van der Waals surface area contributed by atoms with E-state index in [-0.39, 0.29) is 0 Å². The van der Waals surface area contributed by atoms with Crippen molar-refractivity contribution in [2.45, 2.75) is 32.2 Å². The topological polar surface area (TPSA) is 48.1 Å². The van der Waals surface area contributed by atoms with Crippen LogP contribution in [0.25, 0.3) is 0 Å². The third-order valence-corrected chi connectivity index (χ3v) is 4.60. The quantitative estimate of drug-likeness (QED) is 0.846. The molecule has 1 saturated heterocycles. The van der Waals surface area contributed by atoms with Gasteiger partial charge in [0, 0.05) is 38.6 Å². The van der Waals surface area contributed by atoms with Gasteiger partial charge in [0.1, 0.15) is 12.4 Å². The molecule has 0 aliphatic carbocycles. The van der Waals surface area contributed by atoms with Crippen molar-refractivity contribution < 1.29 is 4.74 Å². The Kier molecular flexibility index (Phi) is 3.56. The van der Waals surface area contributed by atoms with Gasteiger partial charge < -0.3 is 9.30 Å². The van der Waals surface area contributed by atoms with Crippen molar-refractivity contribution in [3.05, 3.63) is 34.6 Å². The number of aromatic nitrogens is 4. The highest BCUT2D eigenvalue weighted by Crippen LogP contribution is 2.24. The third kappa shape index (κ3) is 2.77. The molecule has 6 nitrogen and oxygen atoms in total. The summed E-state index contributed by atoms with van der Waals surface area (Å²) in [5, 5.41) is 4.40. The molecule has 1 fully saturated rings. The van der Waals surface area contributed by atoms with E-state index in [0.29, 0.717) is 12.6 Å². The predicted molar refractivity (Wildman–Crippen MR) is 80.7 cm³/mol. The molecule has 2 aliphatic heterocycles. The number of rotatable bonds is 3. The lowest BCUT2D eigenvalue weighted by molar-refractivity contribution is 0.0816. The molecule has 112 valence electrons. The second-order valence-corrected chi connectivity index (χ2v) is 6.63. The Labute approximate surface area is 131 Å². The number of likely N-dealkylation sites (tertiary alicyclic amines) is 1. The molecular formula is C14H18BrN5O. The van der Waals surface area contributed by atoms with Gasteiger partial charge in [-0.15, -0.1) is 0 Å². The number of ether oxygens (including phenoxy) is 1. The van der Waals surface area contributed by atoms with Crippen LogP contribution in [0.4, 0.5) is 0 Å². The molecule has 2 aromatic rings. The number of imidazole rings is 1. The lowest BCUT2D eigenvalue weighted by Crippen LogP contribution is -2.21. The van der Waals surface area contributed by atoms with E-state index in [4.69, 9.17) is 4.74 Å². The Morgan fingerprint density at radius 3 is 3.10 bits per heavy atom. The van der Waals surface area contributed by atoms with E-state index >= 15 is 0 Å². The number of halogens is 1. The van der Waals surface area contributed by atoms with Gasteiger partial charge in [-0.2, -0.15) is 5.10 Å². The van der Waals surface area contributed by atoms with Gasteiger partial charge in [0.05, 0.1) is 29.0 Å². The summed E-state index contributed by atoms with van der Waals surface area (Å²) in [6.45, 7) is 5.41. The van der Waals surface area contributed by atoms with Gasteiger partial charge in [-0.25, -0.2) is 4.98 Å². The average Bonchev–Trinajstić information content (AvgIpc) is 3.17. The monoisotopic (exact) mass is 351 g/mol. The molecule has 0 saturated carbocycles. The van der Waals surface area contributed by atoms with Crippen molar-refractivity contribution in [2.24, 2.45) is 0 Å². The number of hydrogen-bond acceptors (Lipinski definition) is 4. The highest BCUT2D eigenvalue weighted by molar-refractivity contribution is 9.10. The van der Waals surface area contributed by atoms with Crippen molar-refractivity contribution in [3.63, 3.8) is 0 Å². The lowest BCUT2D eigenvalue weighted by atomic mass is 10.3. The fraction of sp³-hybridized carbons (Fsp3) is 0.571. The van der Waals surface area contributed by atoms with E-state index in [0.717, 1.165) is 55.2 Å². The lowest BCUT2D eigenvalue weighted by Gasteiger charge is -2.14. The van der Waals surface area contributed by atoms with Gasteiger partial charge in [-0.3, -0.25) is 9.58 Å². The van der Waals surface area contributed by atoms with Crippen LogP contribution in [0.15, 0.2) is 23.1 Å². The van der Waals surface area contributed by atoms with Gasteiger partial charge in [0.25, 0.3) is 0 Å². The second-order valence-electron chi connectivity index (χ2n) is 5.71. The van der Waals surface area contributed by atoms with Crippen LogP contribution in [0.3, 0.4) is 0 Å². The van der Waals surface area contributed by atoms with Gasteiger partial charge >= 0.3 is 0 Å². The van der Waals surface area contributed by atoms with Crippen LogP contribution in [0.1, 0.15) is 24.0 Å². The second kappa shape index (κ2) is 5.55. The Bertz CT molecular complexity index is 614. The molecule has 0 aromatic carbocycles. The minimum absolute atomic E-state index is 0.469. The predicted octanol–water partition coefficient (Wildman–Crippen LogP) is 1.82. The van der Waals surface area contributed by atoms with Gasteiger partial charge in [0.2, 0.25) is 0 Å². The van der Waals surface area contributed by atoms with Crippen LogP contribution >= 0.6 is 15.9 Å². The zero-order valence-corrected chi connectivity index (χ0v) is 13.4. The standard InChI is InChI=1S/C14H18BrN5O/c15-11-5-16-20(6-11)13-1-2-18(9-13)7-12-8-19-3-4-21-10-14(19)17-12/h5-6,8,13H,1-4,7,9-10H2. The van der Waals surface area contributed by atoms with Crippen molar-refractivity contribution in [1.29, 1.82) is 0 Å². The van der Waals surface area contributed by atoms with Gasteiger partial charge in [0.15, 0.2) is 0 Å². The molecule has 21 heavy (non-hydrogen) atoms. The third-order valence-electron chi connectivity index (χ3n) is 4.19. The van der Waals surface area contributed by atoms with Crippen molar-refractivity contribution in [3.8, 4) is 0 Å². The summed E-state index contributed by atoms with van der Waals surface area (Å²) >= 11 is 3.46. The molecule has 0 amide bonds. The molecule has 7 heteroatoms. The molecule has 4 rings (SSSR count). The SMILES string of the molecule is Brc1cnn(C2CCN(Cc3cn4c(n3)COCC4)C2)c1. The first-order valence-corrected chi connectivity index (χ1v) is 8.12. The summed E-state index contributed by atoms with van der Waals surface area (Å²) in [7, 11) is 0. The first-order valence-electron chi connectivity index (χ1n) is 7.32. The molecule has 0 N–H and O–H groups in total. The van der Waals surface area contributed by atoms with Crippen LogP contribution < -0.4 is 0 Å². The van der Waals surface area contributed by atoms with E-state index in [1.165, 1.54) is 0 Å². The minimum Gasteiger partial charge on any atom is -0.372 e. The highest BCUT2D eigenvalue weighted by atomic mass is 79.9. The van der Waals surface area contributed by atoms with Gasteiger partial charge in [-0.1, -0.05) is 0 Å². The first-order chi connectivity index (χ1) is 10.3. The maximum Gasteiger partial charge on any atom is 0.135 e. The molecule has 2 aliphatic rings. The average molecular weight is 352 g/mol. The zero-order chi connectivity index (χ0) is 14.2. The Morgan fingerprint density at radius 2 is 2.29 bits per heavy atom. The summed E-state index contributed by atoms with van der Waals surface area (Å²) in [5.74, 6) is 1.06. The summed E-state index contributed by atoms with van der Waals surface area (Å²) in [4.78, 5) is 7.14. The molecule has 1 atom stereocenters. The molecular weight excluding hydrogens is 334 g/mol. The molecule has 4 heterocycles. The van der Waals surface area contributed by atoms with Crippen molar-refractivity contribution >= 4 is 15.9 Å². The molecule has 0 spiro atoms. The largest absolute Gasteiger partial charge is 0.372 e. The molecule has 0 radical (unpaired) electrons. The summed E-state index contributed by atoms with van der Waals surface area (Å²) in [6.07, 6.45) is 7.23. The number of nitrogens with zero attached hydrogens (tertiary/aromatic N) is 5. The van der Waals surface area contributed by atoms with Crippen molar-refractivity contribution in [1.82, 2.24) is 24.2 Å². The maximum absolute atomic E-state index is 5.44.